The molecule has 0 spiro atoms. The molecule has 0 aliphatic carbocycles. The van der Waals surface area contributed by atoms with Crippen molar-refractivity contribution < 1.29 is 0 Å². The van der Waals surface area contributed by atoms with Crippen LogP contribution in [0.25, 0.3) is 10.9 Å². The van der Waals surface area contributed by atoms with E-state index in [0.29, 0.717) is 18.1 Å². The van der Waals surface area contributed by atoms with Crippen LogP contribution in [-0.2, 0) is 6.54 Å². The highest BCUT2D eigenvalue weighted by atomic mass is 35.5. The summed E-state index contributed by atoms with van der Waals surface area (Å²) in [7, 11) is 0. The van der Waals surface area contributed by atoms with E-state index < -0.39 is 0 Å². The Balaban J connectivity index is 2.18. The molecule has 1 aromatic heterocycles. The predicted molar refractivity (Wildman–Crippen MR) is 70.0 cm³/mol. The van der Waals surface area contributed by atoms with Crippen molar-refractivity contribution in [1.29, 1.82) is 0 Å². The van der Waals surface area contributed by atoms with Crippen LogP contribution < -0.4 is 5.32 Å². The van der Waals surface area contributed by atoms with Crippen LogP contribution in [0.4, 0.5) is 0 Å². The van der Waals surface area contributed by atoms with Crippen LogP contribution >= 0.6 is 23.2 Å². The van der Waals surface area contributed by atoms with Crippen LogP contribution in [0.15, 0.2) is 35.9 Å². The van der Waals surface area contributed by atoms with E-state index in [-0.39, 0.29) is 0 Å². The van der Waals surface area contributed by atoms with Crippen molar-refractivity contribution in [2.75, 3.05) is 6.54 Å². The predicted octanol–water partition coefficient (Wildman–Crippen LogP) is 3.66. The molecule has 0 bridgehead atoms. The maximum atomic E-state index is 6.25. The van der Waals surface area contributed by atoms with Gasteiger partial charge in [-0.1, -0.05) is 48.0 Å². The summed E-state index contributed by atoms with van der Waals surface area (Å²) in [5.74, 6) is 0. The second-order valence-electron chi connectivity index (χ2n) is 3.58. The molecule has 84 valence electrons. The Bertz CT molecular complexity index is 517. The van der Waals surface area contributed by atoms with Crippen molar-refractivity contribution in [1.82, 2.24) is 10.3 Å². The minimum atomic E-state index is 0.577. The smallest absolute Gasteiger partial charge is 0.0705 e. The Morgan fingerprint density at radius 2 is 2.12 bits per heavy atom. The average Bonchev–Trinajstić information content (AvgIpc) is 2.56. The Morgan fingerprint density at radius 1 is 1.38 bits per heavy atom. The van der Waals surface area contributed by atoms with Gasteiger partial charge in [0.2, 0.25) is 0 Å². The molecule has 1 heterocycles. The molecule has 0 unspecified atom stereocenters. The number of aromatic amines is 1. The SMILES string of the molecule is C=C(Cl)CNCc1[nH]c2ccccc2c1Cl. The third-order valence-electron chi connectivity index (χ3n) is 2.33. The number of nitrogens with one attached hydrogen (secondary N) is 2. The van der Waals surface area contributed by atoms with E-state index in [9.17, 15) is 0 Å². The van der Waals surface area contributed by atoms with Gasteiger partial charge in [-0.25, -0.2) is 0 Å². The molecular weight excluding hydrogens is 243 g/mol. The molecule has 0 aliphatic rings. The molecule has 0 radical (unpaired) electrons. The fourth-order valence-corrected chi connectivity index (χ4v) is 1.98. The summed E-state index contributed by atoms with van der Waals surface area (Å²) < 4.78 is 0. The van der Waals surface area contributed by atoms with Gasteiger partial charge in [-0.15, -0.1) is 0 Å². The van der Waals surface area contributed by atoms with E-state index in [2.05, 4.69) is 16.9 Å². The number of aromatic nitrogens is 1. The lowest BCUT2D eigenvalue weighted by atomic mass is 10.2. The zero-order valence-corrected chi connectivity index (χ0v) is 10.2. The van der Waals surface area contributed by atoms with Gasteiger partial charge in [0, 0.05) is 34.7 Å². The Labute approximate surface area is 104 Å². The Kier molecular flexibility index (Phi) is 3.54. The van der Waals surface area contributed by atoms with E-state index in [1.165, 1.54) is 0 Å². The molecule has 0 fully saturated rings. The second kappa shape index (κ2) is 4.91. The Morgan fingerprint density at radius 3 is 2.81 bits per heavy atom. The summed E-state index contributed by atoms with van der Waals surface area (Å²) in [6, 6.07) is 7.95. The first-order chi connectivity index (χ1) is 7.68. The van der Waals surface area contributed by atoms with E-state index >= 15 is 0 Å². The van der Waals surface area contributed by atoms with E-state index in [4.69, 9.17) is 23.2 Å². The molecule has 1 aromatic carbocycles. The fraction of sp³-hybridized carbons (Fsp3) is 0.167. The summed E-state index contributed by atoms with van der Waals surface area (Å²) in [5.41, 5.74) is 2.02. The standard InChI is InChI=1S/C12H12Cl2N2/c1-8(13)6-15-7-11-12(14)9-4-2-3-5-10(9)16-11/h2-5,15-16H,1,6-7H2. The first kappa shape index (κ1) is 11.5. The number of para-hydroxylation sites is 1. The van der Waals surface area contributed by atoms with Crippen molar-refractivity contribution in [3.8, 4) is 0 Å². The number of fused-ring (bicyclic) bond motifs is 1. The highest BCUT2D eigenvalue weighted by Crippen LogP contribution is 2.26. The monoisotopic (exact) mass is 254 g/mol. The quantitative estimate of drug-likeness (QED) is 0.857. The molecule has 4 heteroatoms. The average molecular weight is 255 g/mol. The van der Waals surface area contributed by atoms with Gasteiger partial charge in [-0.3, -0.25) is 0 Å². The summed E-state index contributed by atoms with van der Waals surface area (Å²) >= 11 is 11.9. The lowest BCUT2D eigenvalue weighted by Gasteiger charge is -2.01. The first-order valence-electron chi connectivity index (χ1n) is 4.97. The van der Waals surface area contributed by atoms with Crippen molar-refractivity contribution in [3.63, 3.8) is 0 Å². The molecule has 2 rings (SSSR count). The minimum absolute atomic E-state index is 0.577. The van der Waals surface area contributed by atoms with Gasteiger partial charge in [0.25, 0.3) is 0 Å². The lowest BCUT2D eigenvalue weighted by Crippen LogP contribution is -2.14. The van der Waals surface area contributed by atoms with Crippen molar-refractivity contribution >= 4 is 34.1 Å². The molecule has 0 saturated carbocycles. The largest absolute Gasteiger partial charge is 0.356 e. The number of hydrogen-bond acceptors (Lipinski definition) is 1. The van der Waals surface area contributed by atoms with Gasteiger partial charge in [0.1, 0.15) is 0 Å². The van der Waals surface area contributed by atoms with Gasteiger partial charge in [-0.05, 0) is 6.07 Å². The van der Waals surface area contributed by atoms with E-state index in [0.717, 1.165) is 21.6 Å². The number of hydrogen-bond donors (Lipinski definition) is 2. The van der Waals surface area contributed by atoms with Crippen LogP contribution in [0, 0.1) is 0 Å². The molecule has 0 saturated heterocycles. The van der Waals surface area contributed by atoms with Crippen LogP contribution in [0.3, 0.4) is 0 Å². The second-order valence-corrected chi connectivity index (χ2v) is 4.50. The Hall–Kier alpha value is -0.960. The molecule has 0 amide bonds. The third kappa shape index (κ3) is 2.40. The van der Waals surface area contributed by atoms with E-state index in [1.807, 2.05) is 24.3 Å². The van der Waals surface area contributed by atoms with Crippen LogP contribution in [0.5, 0.6) is 0 Å². The molecule has 16 heavy (non-hydrogen) atoms. The highest BCUT2D eigenvalue weighted by molar-refractivity contribution is 6.36. The number of rotatable bonds is 4. The van der Waals surface area contributed by atoms with Gasteiger partial charge in [-0.2, -0.15) is 0 Å². The maximum Gasteiger partial charge on any atom is 0.0705 e. The van der Waals surface area contributed by atoms with Crippen LogP contribution in [0.1, 0.15) is 5.69 Å². The molecular formula is C12H12Cl2N2. The first-order valence-corrected chi connectivity index (χ1v) is 5.73. The zero-order valence-electron chi connectivity index (χ0n) is 8.69. The number of H-pyrrole nitrogens is 1. The van der Waals surface area contributed by atoms with Crippen LogP contribution in [-0.4, -0.2) is 11.5 Å². The van der Waals surface area contributed by atoms with Crippen molar-refractivity contribution in [2.24, 2.45) is 0 Å². The minimum Gasteiger partial charge on any atom is -0.356 e. The molecule has 2 nitrogen and oxygen atoms in total. The molecule has 2 N–H and O–H groups in total. The van der Waals surface area contributed by atoms with Crippen LogP contribution in [0.2, 0.25) is 5.02 Å². The van der Waals surface area contributed by atoms with Crippen molar-refractivity contribution in [3.05, 3.63) is 46.6 Å². The van der Waals surface area contributed by atoms with Gasteiger partial charge < -0.3 is 10.3 Å². The zero-order chi connectivity index (χ0) is 11.5. The van der Waals surface area contributed by atoms with Gasteiger partial charge in [0.15, 0.2) is 0 Å². The molecule has 2 aromatic rings. The van der Waals surface area contributed by atoms with Gasteiger partial charge >= 0.3 is 0 Å². The van der Waals surface area contributed by atoms with E-state index in [1.54, 1.807) is 0 Å². The third-order valence-corrected chi connectivity index (χ3v) is 2.90. The maximum absolute atomic E-state index is 6.25. The summed E-state index contributed by atoms with van der Waals surface area (Å²) in [6.07, 6.45) is 0. The summed E-state index contributed by atoms with van der Waals surface area (Å²) in [6.45, 7) is 4.84. The molecule has 0 atom stereocenters. The molecule has 0 aliphatic heterocycles. The normalized spacial score (nSPS) is 10.9. The highest BCUT2D eigenvalue weighted by Gasteiger charge is 2.07. The van der Waals surface area contributed by atoms with Crippen molar-refractivity contribution in [2.45, 2.75) is 6.54 Å². The number of halogens is 2. The fourth-order valence-electron chi connectivity index (χ4n) is 1.61. The van der Waals surface area contributed by atoms with Gasteiger partial charge in [0.05, 0.1) is 5.02 Å². The topological polar surface area (TPSA) is 27.8 Å². The summed E-state index contributed by atoms with van der Waals surface area (Å²) in [5, 5.41) is 5.56. The summed E-state index contributed by atoms with van der Waals surface area (Å²) in [4.78, 5) is 3.27. The lowest BCUT2D eigenvalue weighted by molar-refractivity contribution is 0.742. The number of benzene rings is 1.